The first-order valence-corrected chi connectivity index (χ1v) is 15.0. The number of carbonyl (C=O) groups is 1. The van der Waals surface area contributed by atoms with Gasteiger partial charge in [0.25, 0.3) is 15.9 Å². The molecular weight excluding hydrogens is 593 g/mol. The summed E-state index contributed by atoms with van der Waals surface area (Å²) in [6.07, 6.45) is 1.45. The van der Waals surface area contributed by atoms with Gasteiger partial charge < -0.3 is 4.74 Å². The molecule has 0 aliphatic carbocycles. The summed E-state index contributed by atoms with van der Waals surface area (Å²) in [5.41, 5.74) is 4.23. The van der Waals surface area contributed by atoms with Gasteiger partial charge in [-0.3, -0.25) is 9.10 Å². The van der Waals surface area contributed by atoms with Crippen molar-refractivity contribution >= 4 is 61.8 Å². The predicted molar refractivity (Wildman–Crippen MR) is 168 cm³/mol. The van der Waals surface area contributed by atoms with Gasteiger partial charge in [0.05, 0.1) is 26.8 Å². The summed E-state index contributed by atoms with van der Waals surface area (Å²) in [5.74, 6) is 0.0154. The molecule has 0 aliphatic rings. The molecule has 7 nitrogen and oxygen atoms in total. The van der Waals surface area contributed by atoms with Crippen molar-refractivity contribution in [1.29, 1.82) is 0 Å². The van der Waals surface area contributed by atoms with Crippen molar-refractivity contribution in [1.82, 2.24) is 5.43 Å². The Balaban J connectivity index is 1.22. The van der Waals surface area contributed by atoms with Crippen LogP contribution >= 0.6 is 23.2 Å². The molecule has 0 fully saturated rings. The molecule has 0 unspecified atom stereocenters. The first-order valence-electron chi connectivity index (χ1n) is 12.9. The topological polar surface area (TPSA) is 88.1 Å². The molecule has 5 aromatic carbocycles. The second-order valence-corrected chi connectivity index (χ2v) is 11.9. The fourth-order valence-electron chi connectivity index (χ4n) is 4.19. The summed E-state index contributed by atoms with van der Waals surface area (Å²) >= 11 is 12.5. The molecule has 0 saturated heterocycles. The van der Waals surface area contributed by atoms with Gasteiger partial charge >= 0.3 is 0 Å². The third kappa shape index (κ3) is 6.91. The van der Waals surface area contributed by atoms with Gasteiger partial charge in [0.15, 0.2) is 0 Å². The number of fused-ring (bicyclic) bond motifs is 1. The number of sulfonamides is 1. The number of benzene rings is 5. The number of anilines is 1. The molecule has 5 rings (SSSR count). The highest BCUT2D eigenvalue weighted by Crippen LogP contribution is 2.35. The van der Waals surface area contributed by atoms with Crippen molar-refractivity contribution in [3.05, 3.63) is 136 Å². The van der Waals surface area contributed by atoms with Crippen molar-refractivity contribution in [2.75, 3.05) is 10.8 Å². The lowest BCUT2D eigenvalue weighted by molar-refractivity contribution is -0.119. The van der Waals surface area contributed by atoms with Crippen LogP contribution in [-0.4, -0.2) is 27.1 Å². The number of hydrogen-bond donors (Lipinski definition) is 1. The van der Waals surface area contributed by atoms with Crippen molar-refractivity contribution in [3.8, 4) is 5.75 Å². The molecule has 5 aromatic rings. The fraction of sp³-hybridized carbons (Fsp3) is 0.0625. The zero-order chi connectivity index (χ0) is 29.5. The lowest BCUT2D eigenvalue weighted by Gasteiger charge is -2.24. The molecule has 0 bridgehead atoms. The van der Waals surface area contributed by atoms with Crippen LogP contribution in [0.1, 0.15) is 11.1 Å². The van der Waals surface area contributed by atoms with Crippen LogP contribution < -0.4 is 14.5 Å². The van der Waals surface area contributed by atoms with Crippen molar-refractivity contribution < 1.29 is 17.9 Å². The minimum absolute atomic E-state index is 0.000248. The van der Waals surface area contributed by atoms with Gasteiger partial charge in [-0.2, -0.15) is 5.10 Å². The SMILES string of the molecule is O=C(CN(c1cccc(Cl)c1Cl)S(=O)(=O)c1ccccc1)N/N=C\c1ccc(OCc2ccc3ccccc3c2)cc1. The van der Waals surface area contributed by atoms with Gasteiger partial charge in [-0.1, -0.05) is 83.9 Å². The molecular formula is C32H25Cl2N3O4S. The van der Waals surface area contributed by atoms with E-state index in [0.717, 1.165) is 15.3 Å². The average molecular weight is 619 g/mol. The van der Waals surface area contributed by atoms with Crippen LogP contribution in [-0.2, 0) is 21.4 Å². The molecule has 0 heterocycles. The maximum absolute atomic E-state index is 13.5. The molecule has 0 radical (unpaired) electrons. The highest BCUT2D eigenvalue weighted by atomic mass is 35.5. The van der Waals surface area contributed by atoms with Crippen LogP contribution in [0.4, 0.5) is 5.69 Å². The lowest BCUT2D eigenvalue weighted by atomic mass is 10.1. The van der Waals surface area contributed by atoms with E-state index in [2.05, 4.69) is 34.8 Å². The van der Waals surface area contributed by atoms with E-state index < -0.39 is 22.5 Å². The Bertz CT molecular complexity index is 1850. The number of amides is 1. The number of carbonyl (C=O) groups excluding carboxylic acids is 1. The maximum Gasteiger partial charge on any atom is 0.264 e. The van der Waals surface area contributed by atoms with E-state index in [1.165, 1.54) is 35.9 Å². The smallest absolute Gasteiger partial charge is 0.264 e. The quantitative estimate of drug-likeness (QED) is 0.134. The van der Waals surface area contributed by atoms with Crippen LogP contribution in [0, 0.1) is 0 Å². The Morgan fingerprint density at radius 3 is 2.31 bits per heavy atom. The number of nitrogens with one attached hydrogen (secondary N) is 1. The standard InChI is InChI=1S/C32H25Cl2N3O4S/c33-29-11-6-12-30(32(29)34)37(42(39,40)28-9-2-1-3-10-28)21-31(38)36-35-20-23-14-17-27(18-15-23)41-22-24-13-16-25-7-4-5-8-26(25)19-24/h1-20H,21-22H2,(H,36,38)/b35-20-. The monoisotopic (exact) mass is 617 g/mol. The van der Waals surface area contributed by atoms with Gasteiger partial charge in [0, 0.05) is 0 Å². The molecule has 10 heteroatoms. The minimum Gasteiger partial charge on any atom is -0.489 e. The first-order chi connectivity index (χ1) is 20.3. The normalized spacial score (nSPS) is 11.5. The third-order valence-corrected chi connectivity index (χ3v) is 8.90. The van der Waals surface area contributed by atoms with E-state index in [1.807, 2.05) is 18.2 Å². The minimum atomic E-state index is -4.14. The molecule has 0 spiro atoms. The molecule has 0 saturated carbocycles. The number of hydrogen-bond acceptors (Lipinski definition) is 5. The second-order valence-electron chi connectivity index (χ2n) is 9.23. The molecule has 0 aromatic heterocycles. The Kier molecular flexibility index (Phi) is 9.07. The van der Waals surface area contributed by atoms with Crippen LogP contribution in [0.3, 0.4) is 0 Å². The van der Waals surface area contributed by atoms with E-state index >= 15 is 0 Å². The van der Waals surface area contributed by atoms with Crippen LogP contribution in [0.15, 0.2) is 125 Å². The largest absolute Gasteiger partial charge is 0.489 e. The Morgan fingerprint density at radius 2 is 1.55 bits per heavy atom. The third-order valence-electron chi connectivity index (χ3n) is 6.32. The number of hydrazone groups is 1. The summed E-state index contributed by atoms with van der Waals surface area (Å²) in [6, 6.07) is 33.9. The Labute approximate surface area is 254 Å². The molecule has 0 aliphatic heterocycles. The van der Waals surface area contributed by atoms with Gasteiger partial charge in [-0.25, -0.2) is 13.8 Å². The van der Waals surface area contributed by atoms with Crippen LogP contribution in [0.25, 0.3) is 10.8 Å². The summed E-state index contributed by atoms with van der Waals surface area (Å²) in [4.78, 5) is 12.8. The summed E-state index contributed by atoms with van der Waals surface area (Å²) in [6.45, 7) is -0.149. The van der Waals surface area contributed by atoms with Gasteiger partial charge in [-0.05, 0) is 76.5 Å². The second kappa shape index (κ2) is 13.1. The average Bonchev–Trinajstić information content (AvgIpc) is 3.01. The number of ether oxygens (including phenoxy) is 1. The highest BCUT2D eigenvalue weighted by Gasteiger charge is 2.29. The van der Waals surface area contributed by atoms with Crippen molar-refractivity contribution in [2.45, 2.75) is 11.5 Å². The molecule has 42 heavy (non-hydrogen) atoms. The first kappa shape index (κ1) is 29.1. The van der Waals surface area contributed by atoms with Crippen LogP contribution in [0.2, 0.25) is 10.0 Å². The summed E-state index contributed by atoms with van der Waals surface area (Å²) < 4.78 is 33.7. The van der Waals surface area contributed by atoms with Gasteiger partial charge in [0.1, 0.15) is 18.9 Å². The fourth-order valence-corrected chi connectivity index (χ4v) is 6.10. The number of nitrogens with zero attached hydrogens (tertiary/aromatic N) is 2. The molecule has 212 valence electrons. The van der Waals surface area contributed by atoms with Crippen molar-refractivity contribution in [3.63, 3.8) is 0 Å². The number of rotatable bonds is 10. The summed E-state index contributed by atoms with van der Waals surface area (Å²) in [7, 11) is -4.14. The Morgan fingerprint density at radius 1 is 0.833 bits per heavy atom. The summed E-state index contributed by atoms with van der Waals surface area (Å²) in [5, 5.41) is 6.49. The van der Waals surface area contributed by atoms with E-state index in [0.29, 0.717) is 17.9 Å². The zero-order valence-corrected chi connectivity index (χ0v) is 24.5. The Hall–Kier alpha value is -4.37. The van der Waals surface area contributed by atoms with Crippen molar-refractivity contribution in [2.24, 2.45) is 5.10 Å². The van der Waals surface area contributed by atoms with Crippen LogP contribution in [0.5, 0.6) is 5.75 Å². The number of halogens is 2. The molecule has 1 amide bonds. The van der Waals surface area contributed by atoms with E-state index in [-0.39, 0.29) is 20.6 Å². The van der Waals surface area contributed by atoms with E-state index in [9.17, 15) is 13.2 Å². The van der Waals surface area contributed by atoms with Gasteiger partial charge in [-0.15, -0.1) is 0 Å². The van der Waals surface area contributed by atoms with E-state index in [4.69, 9.17) is 27.9 Å². The zero-order valence-electron chi connectivity index (χ0n) is 22.2. The highest BCUT2D eigenvalue weighted by molar-refractivity contribution is 7.92. The predicted octanol–water partition coefficient (Wildman–Crippen LogP) is 7.07. The molecule has 1 N–H and O–H groups in total. The van der Waals surface area contributed by atoms with E-state index in [1.54, 1.807) is 48.5 Å². The lowest BCUT2D eigenvalue weighted by Crippen LogP contribution is -2.39. The maximum atomic E-state index is 13.5. The molecule has 0 atom stereocenters. The van der Waals surface area contributed by atoms with Gasteiger partial charge in [0.2, 0.25) is 0 Å².